The van der Waals surface area contributed by atoms with Crippen LogP contribution in [0.1, 0.15) is 23.7 Å². The SMILES string of the molecule is CCC(OC)Oc1cc(C(=O)OC)ccc1SC. The molecule has 0 radical (unpaired) electrons. The highest BCUT2D eigenvalue weighted by Gasteiger charge is 2.13. The minimum atomic E-state index is -0.377. The molecule has 18 heavy (non-hydrogen) atoms. The number of hydrogen-bond acceptors (Lipinski definition) is 5. The molecule has 0 fully saturated rings. The van der Waals surface area contributed by atoms with Crippen LogP contribution in [-0.2, 0) is 9.47 Å². The maximum Gasteiger partial charge on any atom is 0.337 e. The summed E-state index contributed by atoms with van der Waals surface area (Å²) in [6, 6.07) is 5.24. The Morgan fingerprint density at radius 1 is 1.39 bits per heavy atom. The lowest BCUT2D eigenvalue weighted by Crippen LogP contribution is -2.18. The summed E-state index contributed by atoms with van der Waals surface area (Å²) in [5.74, 6) is 0.261. The Balaban J connectivity index is 3.02. The molecular formula is C13H18O4S. The highest BCUT2D eigenvalue weighted by atomic mass is 32.2. The van der Waals surface area contributed by atoms with Gasteiger partial charge in [0.05, 0.1) is 12.7 Å². The van der Waals surface area contributed by atoms with Crippen molar-refractivity contribution in [2.45, 2.75) is 24.5 Å². The van der Waals surface area contributed by atoms with Gasteiger partial charge in [0, 0.05) is 18.4 Å². The molecule has 0 amide bonds. The lowest BCUT2D eigenvalue weighted by molar-refractivity contribution is -0.0564. The topological polar surface area (TPSA) is 44.8 Å². The number of hydrogen-bond donors (Lipinski definition) is 0. The van der Waals surface area contributed by atoms with Crippen molar-refractivity contribution in [1.82, 2.24) is 0 Å². The summed E-state index contributed by atoms with van der Waals surface area (Å²) in [6.45, 7) is 1.97. The van der Waals surface area contributed by atoms with E-state index in [4.69, 9.17) is 9.47 Å². The van der Waals surface area contributed by atoms with Gasteiger partial charge in [0.25, 0.3) is 0 Å². The van der Waals surface area contributed by atoms with Gasteiger partial charge in [0.15, 0.2) is 6.29 Å². The molecular weight excluding hydrogens is 252 g/mol. The van der Waals surface area contributed by atoms with Gasteiger partial charge in [0.2, 0.25) is 0 Å². The maximum absolute atomic E-state index is 11.5. The van der Waals surface area contributed by atoms with Crippen LogP contribution in [0.4, 0.5) is 0 Å². The summed E-state index contributed by atoms with van der Waals surface area (Å²) < 4.78 is 15.6. The average Bonchev–Trinajstić information content (AvgIpc) is 2.43. The van der Waals surface area contributed by atoms with Gasteiger partial charge in [-0.3, -0.25) is 0 Å². The smallest absolute Gasteiger partial charge is 0.337 e. The Bertz CT molecular complexity index is 402. The van der Waals surface area contributed by atoms with E-state index in [0.29, 0.717) is 11.3 Å². The Morgan fingerprint density at radius 3 is 2.61 bits per heavy atom. The molecule has 0 spiro atoms. The van der Waals surface area contributed by atoms with Crippen molar-refractivity contribution in [3.8, 4) is 5.75 Å². The van der Waals surface area contributed by atoms with E-state index in [-0.39, 0.29) is 12.3 Å². The zero-order valence-electron chi connectivity index (χ0n) is 11.1. The molecule has 4 nitrogen and oxygen atoms in total. The molecule has 0 saturated heterocycles. The molecule has 0 saturated carbocycles. The summed E-state index contributed by atoms with van der Waals surface area (Å²) in [4.78, 5) is 12.4. The number of rotatable bonds is 6. The third kappa shape index (κ3) is 3.65. The summed E-state index contributed by atoms with van der Waals surface area (Å²) in [6.07, 6.45) is 2.37. The van der Waals surface area contributed by atoms with Gasteiger partial charge >= 0.3 is 5.97 Å². The van der Waals surface area contributed by atoms with Crippen LogP contribution in [0.5, 0.6) is 5.75 Å². The second-order valence-electron chi connectivity index (χ2n) is 3.55. The maximum atomic E-state index is 11.5. The van der Waals surface area contributed by atoms with Gasteiger partial charge in [-0.2, -0.15) is 0 Å². The second-order valence-corrected chi connectivity index (χ2v) is 4.40. The molecule has 5 heteroatoms. The molecule has 0 aromatic heterocycles. The summed E-state index contributed by atoms with van der Waals surface area (Å²) in [5, 5.41) is 0. The highest BCUT2D eigenvalue weighted by molar-refractivity contribution is 7.98. The number of carbonyl (C=O) groups is 1. The van der Waals surface area contributed by atoms with E-state index in [1.54, 1.807) is 31.0 Å². The van der Waals surface area contributed by atoms with E-state index < -0.39 is 0 Å². The zero-order valence-corrected chi connectivity index (χ0v) is 11.9. The monoisotopic (exact) mass is 270 g/mol. The fourth-order valence-electron chi connectivity index (χ4n) is 1.45. The molecule has 0 aliphatic heterocycles. The molecule has 1 aromatic rings. The van der Waals surface area contributed by atoms with Gasteiger partial charge < -0.3 is 14.2 Å². The van der Waals surface area contributed by atoms with Crippen LogP contribution in [0, 0.1) is 0 Å². The van der Waals surface area contributed by atoms with Crippen molar-refractivity contribution >= 4 is 17.7 Å². The van der Waals surface area contributed by atoms with Crippen molar-refractivity contribution in [2.75, 3.05) is 20.5 Å². The second kappa shape index (κ2) is 7.28. The standard InChI is InChI=1S/C13H18O4S/c1-5-12(15-2)17-10-8-9(13(14)16-3)6-7-11(10)18-4/h6-8,12H,5H2,1-4H3. The van der Waals surface area contributed by atoms with Gasteiger partial charge in [-0.25, -0.2) is 4.79 Å². The van der Waals surface area contributed by atoms with Crippen LogP contribution in [-0.4, -0.2) is 32.7 Å². The molecule has 0 N–H and O–H groups in total. The van der Waals surface area contributed by atoms with E-state index >= 15 is 0 Å². The van der Waals surface area contributed by atoms with Crippen LogP contribution in [0.2, 0.25) is 0 Å². The van der Waals surface area contributed by atoms with Gasteiger partial charge in [-0.1, -0.05) is 6.92 Å². The predicted octanol–water partition coefficient (Wildman–Crippen LogP) is 2.96. The molecule has 1 unspecified atom stereocenters. The van der Waals surface area contributed by atoms with Crippen molar-refractivity contribution in [3.05, 3.63) is 23.8 Å². The van der Waals surface area contributed by atoms with Crippen LogP contribution in [0.15, 0.2) is 23.1 Å². The molecule has 0 bridgehead atoms. The molecule has 0 heterocycles. The molecule has 0 aliphatic rings. The predicted molar refractivity (Wildman–Crippen MR) is 71.3 cm³/mol. The largest absolute Gasteiger partial charge is 0.465 e. The molecule has 1 rings (SSSR count). The van der Waals surface area contributed by atoms with Crippen molar-refractivity contribution in [1.29, 1.82) is 0 Å². The Morgan fingerprint density at radius 2 is 2.11 bits per heavy atom. The molecule has 0 aliphatic carbocycles. The number of methoxy groups -OCH3 is 2. The van der Waals surface area contributed by atoms with Gasteiger partial charge in [-0.05, 0) is 24.5 Å². The lowest BCUT2D eigenvalue weighted by atomic mass is 10.2. The van der Waals surface area contributed by atoms with E-state index in [9.17, 15) is 4.79 Å². The number of esters is 1. The fraction of sp³-hybridized carbons (Fsp3) is 0.462. The zero-order chi connectivity index (χ0) is 13.5. The minimum Gasteiger partial charge on any atom is -0.465 e. The average molecular weight is 270 g/mol. The summed E-state index contributed by atoms with van der Waals surface area (Å²) in [5.41, 5.74) is 0.469. The number of benzene rings is 1. The molecule has 100 valence electrons. The lowest BCUT2D eigenvalue weighted by Gasteiger charge is -2.18. The van der Waals surface area contributed by atoms with Crippen molar-refractivity contribution in [2.24, 2.45) is 0 Å². The quantitative estimate of drug-likeness (QED) is 0.452. The number of carbonyl (C=O) groups excluding carboxylic acids is 1. The summed E-state index contributed by atoms with van der Waals surface area (Å²) in [7, 11) is 2.95. The van der Waals surface area contributed by atoms with Crippen LogP contribution in [0.3, 0.4) is 0 Å². The van der Waals surface area contributed by atoms with E-state index in [1.165, 1.54) is 7.11 Å². The van der Waals surface area contributed by atoms with Crippen LogP contribution < -0.4 is 4.74 Å². The van der Waals surface area contributed by atoms with Crippen molar-refractivity contribution in [3.63, 3.8) is 0 Å². The summed E-state index contributed by atoms with van der Waals surface area (Å²) >= 11 is 1.55. The molecule has 1 aromatic carbocycles. The first-order chi connectivity index (χ1) is 8.65. The van der Waals surface area contributed by atoms with Crippen molar-refractivity contribution < 1.29 is 19.0 Å². The first-order valence-corrected chi connectivity index (χ1v) is 6.84. The third-order valence-electron chi connectivity index (χ3n) is 2.44. The Kier molecular flexibility index (Phi) is 6.01. The van der Waals surface area contributed by atoms with Crippen LogP contribution in [0.25, 0.3) is 0 Å². The third-order valence-corrected chi connectivity index (χ3v) is 3.22. The number of thioether (sulfide) groups is 1. The van der Waals surface area contributed by atoms with E-state index in [2.05, 4.69) is 4.74 Å². The highest BCUT2D eigenvalue weighted by Crippen LogP contribution is 2.30. The Labute approximate surface area is 112 Å². The first kappa shape index (κ1) is 14.9. The normalized spacial score (nSPS) is 12.0. The molecule has 1 atom stereocenters. The first-order valence-electron chi connectivity index (χ1n) is 5.62. The minimum absolute atomic E-state index is 0.316. The van der Waals surface area contributed by atoms with E-state index in [1.807, 2.05) is 19.2 Å². The van der Waals surface area contributed by atoms with Crippen LogP contribution >= 0.6 is 11.8 Å². The van der Waals surface area contributed by atoms with Gasteiger partial charge in [0.1, 0.15) is 5.75 Å². The van der Waals surface area contributed by atoms with Gasteiger partial charge in [-0.15, -0.1) is 11.8 Å². The number of ether oxygens (including phenoxy) is 3. The van der Waals surface area contributed by atoms with E-state index in [0.717, 1.165) is 11.3 Å². The Hall–Kier alpha value is -1.20. The fourth-order valence-corrected chi connectivity index (χ4v) is 1.97.